The lowest BCUT2D eigenvalue weighted by molar-refractivity contribution is -0.140. The molecule has 5 nitrogen and oxygen atoms in total. The van der Waals surface area contributed by atoms with Gasteiger partial charge in [0.15, 0.2) is 0 Å². The van der Waals surface area contributed by atoms with E-state index >= 15 is 0 Å². The Kier molecular flexibility index (Phi) is 10.1. The van der Waals surface area contributed by atoms with Gasteiger partial charge in [0.25, 0.3) is 0 Å². The number of amides is 1. The molecule has 0 heterocycles. The summed E-state index contributed by atoms with van der Waals surface area (Å²) in [6.45, 7) is 9.36. The molecular weight excluding hydrogens is 258 g/mol. The van der Waals surface area contributed by atoms with Crippen LogP contribution in [0.2, 0.25) is 0 Å². The minimum Gasteiger partial charge on any atom is -0.481 e. The number of carbonyl (C=O) groups excluding carboxylic acids is 1. The Balaban J connectivity index is 4.39. The van der Waals surface area contributed by atoms with Crippen LogP contribution in [0.25, 0.3) is 0 Å². The molecule has 0 rings (SSSR count). The first kappa shape index (κ1) is 18.9. The van der Waals surface area contributed by atoms with Gasteiger partial charge in [-0.25, -0.2) is 0 Å². The predicted octanol–water partition coefficient (Wildman–Crippen LogP) is 2.54. The lowest BCUT2D eigenvalue weighted by Gasteiger charge is -2.26. The molecule has 1 amide bonds. The van der Waals surface area contributed by atoms with E-state index in [2.05, 4.69) is 0 Å². The van der Waals surface area contributed by atoms with Crippen molar-refractivity contribution < 1.29 is 19.4 Å². The van der Waals surface area contributed by atoms with Crippen molar-refractivity contribution >= 4 is 11.9 Å². The molecule has 0 unspecified atom stereocenters. The molecule has 0 fully saturated rings. The second kappa shape index (κ2) is 10.7. The first-order chi connectivity index (χ1) is 9.42. The highest BCUT2D eigenvalue weighted by atomic mass is 16.5. The molecule has 0 aromatic carbocycles. The van der Waals surface area contributed by atoms with Crippen LogP contribution in [0.15, 0.2) is 0 Å². The Labute approximate surface area is 122 Å². The van der Waals surface area contributed by atoms with Crippen LogP contribution in [0.3, 0.4) is 0 Å². The zero-order valence-corrected chi connectivity index (χ0v) is 13.2. The van der Waals surface area contributed by atoms with E-state index in [-0.39, 0.29) is 30.9 Å². The van der Waals surface area contributed by atoms with Crippen molar-refractivity contribution in [1.82, 2.24) is 4.90 Å². The van der Waals surface area contributed by atoms with Crippen LogP contribution in [-0.4, -0.2) is 47.7 Å². The van der Waals surface area contributed by atoms with Gasteiger partial charge in [0.1, 0.15) is 0 Å². The number of rotatable bonds is 11. The quantitative estimate of drug-likeness (QED) is 0.593. The lowest BCUT2D eigenvalue weighted by atomic mass is 10.0. The molecule has 1 N–H and O–H groups in total. The fraction of sp³-hybridized carbons (Fsp3) is 0.867. The highest BCUT2D eigenvalue weighted by Gasteiger charge is 2.21. The minimum atomic E-state index is -0.870. The van der Waals surface area contributed by atoms with Gasteiger partial charge in [0.05, 0.1) is 12.5 Å². The second-order valence-electron chi connectivity index (χ2n) is 5.26. The Hall–Kier alpha value is -1.10. The van der Waals surface area contributed by atoms with E-state index in [1.807, 2.05) is 27.7 Å². The molecule has 0 aliphatic carbocycles. The number of ether oxygens (including phenoxy) is 1. The van der Waals surface area contributed by atoms with Crippen LogP contribution in [-0.2, 0) is 14.3 Å². The predicted molar refractivity (Wildman–Crippen MR) is 78.6 cm³/mol. The Morgan fingerprint density at radius 3 is 2.20 bits per heavy atom. The van der Waals surface area contributed by atoms with Gasteiger partial charge >= 0.3 is 5.97 Å². The highest BCUT2D eigenvalue weighted by Crippen LogP contribution is 2.13. The molecule has 0 saturated heterocycles. The molecule has 20 heavy (non-hydrogen) atoms. The summed E-state index contributed by atoms with van der Waals surface area (Å²) in [7, 11) is 0. The first-order valence-electron chi connectivity index (χ1n) is 7.54. The van der Waals surface area contributed by atoms with E-state index in [1.165, 1.54) is 0 Å². The van der Waals surface area contributed by atoms with Gasteiger partial charge in [-0.15, -0.1) is 0 Å². The van der Waals surface area contributed by atoms with E-state index in [0.29, 0.717) is 13.2 Å². The monoisotopic (exact) mass is 287 g/mol. The number of hydrogen-bond acceptors (Lipinski definition) is 3. The SMILES string of the molecule is CCC(CC)C(=O)N(CCCOC(C)C)CCC(=O)O. The summed E-state index contributed by atoms with van der Waals surface area (Å²) < 4.78 is 5.46. The van der Waals surface area contributed by atoms with Gasteiger partial charge in [0, 0.05) is 25.6 Å². The van der Waals surface area contributed by atoms with E-state index in [0.717, 1.165) is 19.3 Å². The summed E-state index contributed by atoms with van der Waals surface area (Å²) in [6, 6.07) is 0. The van der Waals surface area contributed by atoms with Crippen LogP contribution in [0.5, 0.6) is 0 Å². The van der Waals surface area contributed by atoms with E-state index in [1.54, 1.807) is 4.90 Å². The van der Waals surface area contributed by atoms with E-state index in [4.69, 9.17) is 9.84 Å². The Bertz CT molecular complexity index is 288. The van der Waals surface area contributed by atoms with Gasteiger partial charge in [0.2, 0.25) is 5.91 Å². The number of hydrogen-bond donors (Lipinski definition) is 1. The van der Waals surface area contributed by atoms with Crippen molar-refractivity contribution in [3.8, 4) is 0 Å². The first-order valence-corrected chi connectivity index (χ1v) is 7.54. The Morgan fingerprint density at radius 2 is 1.75 bits per heavy atom. The van der Waals surface area contributed by atoms with Crippen LogP contribution < -0.4 is 0 Å². The number of aliphatic carboxylic acids is 1. The molecule has 0 radical (unpaired) electrons. The second-order valence-corrected chi connectivity index (χ2v) is 5.26. The molecule has 118 valence electrons. The van der Waals surface area contributed by atoms with E-state index < -0.39 is 5.97 Å². The maximum Gasteiger partial charge on any atom is 0.305 e. The molecular formula is C15H29NO4. The van der Waals surface area contributed by atoms with Crippen LogP contribution in [0, 0.1) is 5.92 Å². The molecule has 0 spiro atoms. The molecule has 0 aromatic heterocycles. The molecule has 0 bridgehead atoms. The summed E-state index contributed by atoms with van der Waals surface area (Å²) >= 11 is 0. The number of carbonyl (C=O) groups is 2. The smallest absolute Gasteiger partial charge is 0.305 e. The summed E-state index contributed by atoms with van der Waals surface area (Å²) in [5.74, 6) is -0.804. The van der Waals surface area contributed by atoms with Crippen molar-refractivity contribution in [2.24, 2.45) is 5.92 Å². The maximum absolute atomic E-state index is 12.3. The third-order valence-corrected chi connectivity index (χ3v) is 3.27. The van der Waals surface area contributed by atoms with Gasteiger partial charge in [-0.3, -0.25) is 9.59 Å². The number of nitrogens with zero attached hydrogens (tertiary/aromatic N) is 1. The Morgan fingerprint density at radius 1 is 1.15 bits per heavy atom. The molecule has 0 aliphatic rings. The normalized spacial score (nSPS) is 11.1. The van der Waals surface area contributed by atoms with Crippen molar-refractivity contribution in [2.75, 3.05) is 19.7 Å². The van der Waals surface area contributed by atoms with Gasteiger partial charge in [-0.2, -0.15) is 0 Å². The fourth-order valence-electron chi connectivity index (χ4n) is 2.03. The molecule has 0 aliphatic heterocycles. The van der Waals surface area contributed by atoms with Crippen molar-refractivity contribution in [1.29, 1.82) is 0 Å². The topological polar surface area (TPSA) is 66.8 Å². The molecule has 5 heteroatoms. The standard InChI is InChI=1S/C15H29NO4/c1-5-13(6-2)15(19)16(10-8-14(17)18)9-7-11-20-12(3)4/h12-13H,5-11H2,1-4H3,(H,17,18). The molecule has 0 saturated carbocycles. The third kappa shape index (κ3) is 8.15. The third-order valence-electron chi connectivity index (χ3n) is 3.27. The fourth-order valence-corrected chi connectivity index (χ4v) is 2.03. The largest absolute Gasteiger partial charge is 0.481 e. The maximum atomic E-state index is 12.3. The zero-order chi connectivity index (χ0) is 15.5. The summed E-state index contributed by atoms with van der Waals surface area (Å²) in [5, 5.41) is 8.78. The van der Waals surface area contributed by atoms with Crippen LogP contribution >= 0.6 is 0 Å². The summed E-state index contributed by atoms with van der Waals surface area (Å²) in [5.41, 5.74) is 0. The molecule has 0 aromatic rings. The minimum absolute atomic E-state index is 0.00305. The van der Waals surface area contributed by atoms with Gasteiger partial charge in [-0.1, -0.05) is 13.8 Å². The lowest BCUT2D eigenvalue weighted by Crippen LogP contribution is -2.38. The van der Waals surface area contributed by atoms with Crippen LogP contribution in [0.1, 0.15) is 53.4 Å². The summed E-state index contributed by atoms with van der Waals surface area (Å²) in [4.78, 5) is 24.7. The zero-order valence-electron chi connectivity index (χ0n) is 13.2. The van der Waals surface area contributed by atoms with Crippen LogP contribution in [0.4, 0.5) is 0 Å². The number of carboxylic acids is 1. The van der Waals surface area contributed by atoms with Crippen molar-refractivity contribution in [3.63, 3.8) is 0 Å². The average molecular weight is 287 g/mol. The highest BCUT2D eigenvalue weighted by molar-refractivity contribution is 5.79. The van der Waals surface area contributed by atoms with Crippen molar-refractivity contribution in [3.05, 3.63) is 0 Å². The summed E-state index contributed by atoms with van der Waals surface area (Å²) in [6.07, 6.45) is 2.50. The average Bonchev–Trinajstić information content (AvgIpc) is 2.38. The molecule has 0 atom stereocenters. The van der Waals surface area contributed by atoms with Gasteiger partial charge < -0.3 is 14.7 Å². The van der Waals surface area contributed by atoms with E-state index in [9.17, 15) is 9.59 Å². The van der Waals surface area contributed by atoms with Gasteiger partial charge in [-0.05, 0) is 33.1 Å². The number of carboxylic acid groups (broad SMARTS) is 1. The van der Waals surface area contributed by atoms with Crippen molar-refractivity contribution in [2.45, 2.75) is 59.5 Å².